The molecule has 1 fully saturated rings. The molecule has 1 aromatic rings. The number of amides is 1. The highest BCUT2D eigenvalue weighted by molar-refractivity contribution is 6.30. The Balaban J connectivity index is 1.95. The summed E-state index contributed by atoms with van der Waals surface area (Å²) in [6, 6.07) is 0.179. The van der Waals surface area contributed by atoms with Gasteiger partial charge in [0.1, 0.15) is 5.60 Å². The Labute approximate surface area is 130 Å². The number of likely N-dealkylation sites (tertiary alicyclic amines) is 1. The van der Waals surface area contributed by atoms with Crippen LogP contribution < -0.4 is 4.90 Å². The van der Waals surface area contributed by atoms with Crippen LogP contribution >= 0.6 is 11.6 Å². The van der Waals surface area contributed by atoms with Gasteiger partial charge in [0.2, 0.25) is 5.95 Å². The van der Waals surface area contributed by atoms with Crippen LogP contribution in [0.25, 0.3) is 0 Å². The molecule has 0 aromatic carbocycles. The van der Waals surface area contributed by atoms with Gasteiger partial charge in [-0.3, -0.25) is 0 Å². The SMILES string of the molecule is CN(c1ncc(Cl)cn1)[C@@H]1CCN(C(=O)OC(C)(C)C)C1. The van der Waals surface area contributed by atoms with E-state index in [1.807, 2.05) is 32.7 Å². The van der Waals surface area contributed by atoms with E-state index in [4.69, 9.17) is 16.3 Å². The Morgan fingerprint density at radius 3 is 2.62 bits per heavy atom. The van der Waals surface area contributed by atoms with Crippen molar-refractivity contribution in [2.75, 3.05) is 25.0 Å². The molecule has 7 heteroatoms. The molecular formula is C14H21ClN4O2. The van der Waals surface area contributed by atoms with Crippen LogP contribution in [0.1, 0.15) is 27.2 Å². The molecule has 0 saturated carbocycles. The first-order valence-corrected chi connectivity index (χ1v) is 7.32. The van der Waals surface area contributed by atoms with Crippen molar-refractivity contribution in [1.82, 2.24) is 14.9 Å². The highest BCUT2D eigenvalue weighted by Gasteiger charge is 2.32. The number of ether oxygens (including phenoxy) is 1. The smallest absolute Gasteiger partial charge is 0.410 e. The van der Waals surface area contributed by atoms with Crippen LogP contribution in [0.15, 0.2) is 12.4 Å². The lowest BCUT2D eigenvalue weighted by molar-refractivity contribution is 0.0292. The van der Waals surface area contributed by atoms with Crippen LogP contribution in [0.5, 0.6) is 0 Å². The van der Waals surface area contributed by atoms with E-state index in [0.29, 0.717) is 24.1 Å². The predicted molar refractivity (Wildman–Crippen MR) is 81.7 cm³/mol. The number of rotatable bonds is 2. The molecular weight excluding hydrogens is 292 g/mol. The molecule has 2 rings (SSSR count). The molecule has 1 saturated heterocycles. The maximum atomic E-state index is 12.0. The van der Waals surface area contributed by atoms with Gasteiger partial charge in [0.25, 0.3) is 0 Å². The summed E-state index contributed by atoms with van der Waals surface area (Å²) >= 11 is 5.79. The fourth-order valence-electron chi connectivity index (χ4n) is 2.20. The summed E-state index contributed by atoms with van der Waals surface area (Å²) in [4.78, 5) is 24.1. The molecule has 0 spiro atoms. The molecule has 0 N–H and O–H groups in total. The first-order chi connectivity index (χ1) is 9.76. The van der Waals surface area contributed by atoms with Crippen molar-refractivity contribution in [1.29, 1.82) is 0 Å². The maximum Gasteiger partial charge on any atom is 0.410 e. The van der Waals surface area contributed by atoms with Crippen molar-refractivity contribution >= 4 is 23.6 Å². The maximum absolute atomic E-state index is 12.0. The number of anilines is 1. The van der Waals surface area contributed by atoms with Crippen LogP contribution in [-0.2, 0) is 4.74 Å². The Kier molecular flexibility index (Phi) is 4.56. The minimum absolute atomic E-state index is 0.179. The molecule has 1 aromatic heterocycles. The average Bonchev–Trinajstić information content (AvgIpc) is 2.86. The van der Waals surface area contributed by atoms with Gasteiger partial charge in [0, 0.05) is 20.1 Å². The first-order valence-electron chi connectivity index (χ1n) is 6.94. The van der Waals surface area contributed by atoms with E-state index in [1.165, 1.54) is 0 Å². The van der Waals surface area contributed by atoms with E-state index in [0.717, 1.165) is 6.42 Å². The van der Waals surface area contributed by atoms with Crippen molar-refractivity contribution in [3.63, 3.8) is 0 Å². The van der Waals surface area contributed by atoms with Gasteiger partial charge in [-0.2, -0.15) is 0 Å². The number of nitrogens with zero attached hydrogens (tertiary/aromatic N) is 4. The van der Waals surface area contributed by atoms with Crippen LogP contribution in [0, 0.1) is 0 Å². The number of likely N-dealkylation sites (N-methyl/N-ethyl adjacent to an activating group) is 1. The summed E-state index contributed by atoms with van der Waals surface area (Å²) in [5, 5.41) is 0.508. The second-order valence-corrected chi connectivity index (χ2v) is 6.62. The van der Waals surface area contributed by atoms with Crippen LogP contribution in [0.2, 0.25) is 5.02 Å². The molecule has 1 atom stereocenters. The van der Waals surface area contributed by atoms with Crippen molar-refractivity contribution in [3.8, 4) is 0 Å². The molecule has 2 heterocycles. The summed E-state index contributed by atoms with van der Waals surface area (Å²) in [5.41, 5.74) is -0.472. The number of carbonyl (C=O) groups excluding carboxylic acids is 1. The number of hydrogen-bond donors (Lipinski definition) is 0. The monoisotopic (exact) mass is 312 g/mol. The predicted octanol–water partition coefficient (Wildman–Crippen LogP) is 2.58. The second kappa shape index (κ2) is 6.05. The third-order valence-corrected chi connectivity index (χ3v) is 3.48. The minimum atomic E-state index is -0.472. The number of carbonyl (C=O) groups is 1. The highest BCUT2D eigenvalue weighted by Crippen LogP contribution is 2.21. The summed E-state index contributed by atoms with van der Waals surface area (Å²) in [6.45, 7) is 6.89. The van der Waals surface area contributed by atoms with Gasteiger partial charge >= 0.3 is 6.09 Å². The fraction of sp³-hybridized carbons (Fsp3) is 0.643. The molecule has 0 radical (unpaired) electrons. The van der Waals surface area contributed by atoms with Gasteiger partial charge in [-0.25, -0.2) is 14.8 Å². The van der Waals surface area contributed by atoms with Crippen molar-refractivity contribution in [2.45, 2.75) is 38.8 Å². The lowest BCUT2D eigenvalue weighted by Gasteiger charge is -2.26. The molecule has 21 heavy (non-hydrogen) atoms. The van der Waals surface area contributed by atoms with Crippen molar-refractivity contribution in [3.05, 3.63) is 17.4 Å². The summed E-state index contributed by atoms with van der Waals surface area (Å²) in [5.74, 6) is 0.607. The van der Waals surface area contributed by atoms with E-state index >= 15 is 0 Å². The molecule has 1 aliphatic heterocycles. The Bertz CT molecular complexity index is 501. The topological polar surface area (TPSA) is 58.6 Å². The number of halogens is 1. The zero-order chi connectivity index (χ0) is 15.6. The zero-order valence-electron chi connectivity index (χ0n) is 12.8. The molecule has 6 nitrogen and oxygen atoms in total. The lowest BCUT2D eigenvalue weighted by atomic mass is 10.2. The molecule has 116 valence electrons. The first kappa shape index (κ1) is 15.8. The number of aromatic nitrogens is 2. The third kappa shape index (κ3) is 4.20. The molecule has 0 aliphatic carbocycles. The summed E-state index contributed by atoms with van der Waals surface area (Å²) < 4.78 is 5.39. The lowest BCUT2D eigenvalue weighted by Crippen LogP contribution is -2.39. The van der Waals surface area contributed by atoms with E-state index in [-0.39, 0.29) is 12.1 Å². The van der Waals surface area contributed by atoms with Crippen molar-refractivity contribution < 1.29 is 9.53 Å². The highest BCUT2D eigenvalue weighted by atomic mass is 35.5. The third-order valence-electron chi connectivity index (χ3n) is 3.28. The molecule has 0 unspecified atom stereocenters. The Morgan fingerprint density at radius 1 is 1.43 bits per heavy atom. The van der Waals surface area contributed by atoms with Gasteiger partial charge in [-0.05, 0) is 27.2 Å². The van der Waals surface area contributed by atoms with E-state index in [9.17, 15) is 4.79 Å². The Morgan fingerprint density at radius 2 is 2.05 bits per heavy atom. The number of hydrogen-bond acceptors (Lipinski definition) is 5. The van der Waals surface area contributed by atoms with E-state index < -0.39 is 5.60 Å². The van der Waals surface area contributed by atoms with Crippen LogP contribution in [0.3, 0.4) is 0 Å². The van der Waals surface area contributed by atoms with E-state index in [2.05, 4.69) is 9.97 Å². The van der Waals surface area contributed by atoms with Gasteiger partial charge < -0.3 is 14.5 Å². The van der Waals surface area contributed by atoms with Crippen LogP contribution in [-0.4, -0.2) is 52.7 Å². The average molecular weight is 313 g/mol. The van der Waals surface area contributed by atoms with Gasteiger partial charge in [0.15, 0.2) is 0 Å². The van der Waals surface area contributed by atoms with Crippen LogP contribution in [0.4, 0.5) is 10.7 Å². The standard InChI is InChI=1S/C14H21ClN4O2/c1-14(2,3)21-13(20)19-6-5-11(9-19)18(4)12-16-7-10(15)8-17-12/h7-8,11H,5-6,9H2,1-4H3/t11-/m1/s1. The van der Waals surface area contributed by atoms with Gasteiger partial charge in [-0.15, -0.1) is 0 Å². The minimum Gasteiger partial charge on any atom is -0.444 e. The largest absolute Gasteiger partial charge is 0.444 e. The molecule has 1 aliphatic rings. The molecule has 0 bridgehead atoms. The second-order valence-electron chi connectivity index (χ2n) is 6.18. The quantitative estimate of drug-likeness (QED) is 0.840. The fourth-order valence-corrected chi connectivity index (χ4v) is 2.30. The van der Waals surface area contributed by atoms with E-state index in [1.54, 1.807) is 17.3 Å². The normalized spacial score (nSPS) is 18.7. The van der Waals surface area contributed by atoms with Gasteiger partial charge in [0.05, 0.1) is 23.5 Å². The van der Waals surface area contributed by atoms with Crippen molar-refractivity contribution in [2.24, 2.45) is 0 Å². The van der Waals surface area contributed by atoms with Gasteiger partial charge in [-0.1, -0.05) is 11.6 Å². The zero-order valence-corrected chi connectivity index (χ0v) is 13.6. The molecule has 1 amide bonds. The Hall–Kier alpha value is -1.56. The summed E-state index contributed by atoms with van der Waals surface area (Å²) in [7, 11) is 1.92. The summed E-state index contributed by atoms with van der Waals surface area (Å²) in [6.07, 6.45) is 3.74.